The van der Waals surface area contributed by atoms with E-state index in [1.165, 1.54) is 31.2 Å². The topological polar surface area (TPSA) is 50.8 Å². The molecule has 140 valence electrons. The molecule has 2 fully saturated rings. The van der Waals surface area contributed by atoms with E-state index in [-0.39, 0.29) is 31.0 Å². The molecule has 1 aromatic carbocycles. The average Bonchev–Trinajstić information content (AvgIpc) is 3.24. The van der Waals surface area contributed by atoms with Gasteiger partial charge < -0.3 is 14.8 Å². The van der Waals surface area contributed by atoms with Crippen molar-refractivity contribution in [2.24, 2.45) is 0 Å². The second kappa shape index (κ2) is 9.41. The molecule has 5 nitrogen and oxygen atoms in total. The van der Waals surface area contributed by atoms with E-state index in [1.54, 1.807) is 14.2 Å². The van der Waals surface area contributed by atoms with Gasteiger partial charge in [-0.3, -0.25) is 9.69 Å². The fraction of sp³-hybridized carbons (Fsp3) is 0.632. The van der Waals surface area contributed by atoms with Gasteiger partial charge in [-0.15, -0.1) is 12.4 Å². The van der Waals surface area contributed by atoms with Gasteiger partial charge in [-0.2, -0.15) is 0 Å². The number of carbonyl (C=O) groups is 1. The lowest BCUT2D eigenvalue weighted by atomic mass is 9.94. The molecule has 2 aliphatic rings. The van der Waals surface area contributed by atoms with Crippen LogP contribution in [0.25, 0.3) is 0 Å². The van der Waals surface area contributed by atoms with Gasteiger partial charge in [0.25, 0.3) is 0 Å². The van der Waals surface area contributed by atoms with E-state index in [2.05, 4.69) is 22.3 Å². The number of amides is 1. The van der Waals surface area contributed by atoms with Crippen LogP contribution in [0.4, 0.5) is 0 Å². The summed E-state index contributed by atoms with van der Waals surface area (Å²) in [6.07, 6.45) is 5.21. The van der Waals surface area contributed by atoms with Crippen molar-refractivity contribution in [1.29, 1.82) is 0 Å². The predicted molar refractivity (Wildman–Crippen MR) is 101 cm³/mol. The van der Waals surface area contributed by atoms with Crippen LogP contribution in [0, 0.1) is 0 Å². The van der Waals surface area contributed by atoms with Crippen molar-refractivity contribution in [3.8, 4) is 5.75 Å². The lowest BCUT2D eigenvalue weighted by Gasteiger charge is -2.23. The normalized spacial score (nSPS) is 24.1. The highest BCUT2D eigenvalue weighted by Gasteiger charge is 2.38. The number of ether oxygens (including phenoxy) is 2. The standard InChI is InChI=1S/C19H28N2O3.ClH/c1-23-13-19(22)20-18-12-21(15-7-3-4-8-15)11-17(18)14-6-5-9-16(10-14)24-2;/h5-6,9-10,15,17-18H,3-4,7-8,11-13H2,1-2H3,(H,20,22);1H/t17-,18+;/m1./s1. The molecule has 1 aliphatic carbocycles. The quantitative estimate of drug-likeness (QED) is 0.838. The SMILES string of the molecule is COCC(=O)N[C@H]1CN(C2CCCC2)C[C@@H]1c1cccc(OC)c1.Cl. The Labute approximate surface area is 156 Å². The summed E-state index contributed by atoms with van der Waals surface area (Å²) in [5.74, 6) is 1.12. The van der Waals surface area contributed by atoms with Gasteiger partial charge in [-0.1, -0.05) is 25.0 Å². The Morgan fingerprint density at radius 3 is 2.68 bits per heavy atom. The summed E-state index contributed by atoms with van der Waals surface area (Å²) in [5.41, 5.74) is 1.23. The largest absolute Gasteiger partial charge is 0.497 e. The number of carbonyl (C=O) groups excluding carboxylic acids is 1. The van der Waals surface area contributed by atoms with Crippen LogP contribution in [0.5, 0.6) is 5.75 Å². The maximum Gasteiger partial charge on any atom is 0.246 e. The first kappa shape index (κ1) is 20.0. The second-order valence-corrected chi connectivity index (χ2v) is 6.88. The summed E-state index contributed by atoms with van der Waals surface area (Å²) in [5, 5.41) is 3.17. The highest BCUT2D eigenvalue weighted by atomic mass is 35.5. The smallest absolute Gasteiger partial charge is 0.246 e. The molecule has 1 saturated carbocycles. The summed E-state index contributed by atoms with van der Waals surface area (Å²) in [4.78, 5) is 14.6. The molecule has 1 N–H and O–H groups in total. The van der Waals surface area contributed by atoms with Gasteiger partial charge in [0.2, 0.25) is 5.91 Å². The molecule has 1 aromatic rings. The molecule has 25 heavy (non-hydrogen) atoms. The van der Waals surface area contributed by atoms with Crippen LogP contribution in [-0.4, -0.2) is 56.8 Å². The molecule has 2 atom stereocenters. The molecule has 1 saturated heterocycles. The second-order valence-electron chi connectivity index (χ2n) is 6.88. The maximum atomic E-state index is 12.0. The lowest BCUT2D eigenvalue weighted by molar-refractivity contribution is -0.125. The maximum absolute atomic E-state index is 12.0. The Kier molecular flexibility index (Phi) is 7.54. The van der Waals surface area contributed by atoms with Crippen molar-refractivity contribution >= 4 is 18.3 Å². The third-order valence-electron chi connectivity index (χ3n) is 5.33. The first-order valence-electron chi connectivity index (χ1n) is 8.87. The summed E-state index contributed by atoms with van der Waals surface area (Å²) >= 11 is 0. The van der Waals surface area contributed by atoms with Gasteiger partial charge in [0, 0.05) is 38.2 Å². The van der Waals surface area contributed by atoms with Crippen LogP contribution >= 0.6 is 12.4 Å². The van der Waals surface area contributed by atoms with Crippen molar-refractivity contribution in [1.82, 2.24) is 10.2 Å². The third kappa shape index (κ3) is 4.87. The number of hydrogen-bond donors (Lipinski definition) is 1. The Bertz CT molecular complexity index is 563. The minimum Gasteiger partial charge on any atom is -0.497 e. The van der Waals surface area contributed by atoms with Crippen molar-refractivity contribution in [3.63, 3.8) is 0 Å². The van der Waals surface area contributed by atoms with E-state index in [0.717, 1.165) is 18.8 Å². The molecule has 6 heteroatoms. The van der Waals surface area contributed by atoms with Gasteiger partial charge in [0.05, 0.1) is 7.11 Å². The zero-order valence-electron chi connectivity index (χ0n) is 15.1. The monoisotopic (exact) mass is 368 g/mol. The number of nitrogens with one attached hydrogen (secondary N) is 1. The number of benzene rings is 1. The number of rotatable bonds is 6. The van der Waals surface area contributed by atoms with E-state index >= 15 is 0 Å². The van der Waals surface area contributed by atoms with Gasteiger partial charge in [-0.25, -0.2) is 0 Å². The molecule has 0 spiro atoms. The van der Waals surface area contributed by atoms with Crippen molar-refractivity contribution in [2.75, 3.05) is 33.9 Å². The number of methoxy groups -OCH3 is 2. The van der Waals surface area contributed by atoms with Crippen LogP contribution < -0.4 is 10.1 Å². The number of hydrogen-bond acceptors (Lipinski definition) is 4. The van der Waals surface area contributed by atoms with E-state index in [9.17, 15) is 4.79 Å². The van der Waals surface area contributed by atoms with Crippen molar-refractivity contribution in [2.45, 2.75) is 43.7 Å². The fourth-order valence-electron chi connectivity index (χ4n) is 4.14. The molecule has 0 unspecified atom stereocenters. The zero-order chi connectivity index (χ0) is 16.9. The van der Waals surface area contributed by atoms with Crippen LogP contribution in [0.3, 0.4) is 0 Å². The van der Waals surface area contributed by atoms with Gasteiger partial charge >= 0.3 is 0 Å². The Morgan fingerprint density at radius 1 is 1.24 bits per heavy atom. The van der Waals surface area contributed by atoms with Gasteiger partial charge in [-0.05, 0) is 30.5 Å². The van der Waals surface area contributed by atoms with Crippen LogP contribution in [-0.2, 0) is 9.53 Å². The molecular weight excluding hydrogens is 340 g/mol. The first-order valence-corrected chi connectivity index (χ1v) is 8.87. The van der Waals surface area contributed by atoms with E-state index in [4.69, 9.17) is 9.47 Å². The molecule has 1 aliphatic heterocycles. The third-order valence-corrected chi connectivity index (χ3v) is 5.33. The van der Waals surface area contributed by atoms with E-state index in [1.807, 2.05) is 12.1 Å². The van der Waals surface area contributed by atoms with Gasteiger partial charge in [0.1, 0.15) is 12.4 Å². The predicted octanol–water partition coefficient (Wildman–Crippen LogP) is 2.59. The Hall–Kier alpha value is -1.30. The van der Waals surface area contributed by atoms with Crippen molar-refractivity contribution in [3.05, 3.63) is 29.8 Å². The Morgan fingerprint density at radius 2 is 2.00 bits per heavy atom. The molecule has 1 amide bonds. The lowest BCUT2D eigenvalue weighted by Crippen LogP contribution is -2.42. The molecule has 1 heterocycles. The van der Waals surface area contributed by atoms with Gasteiger partial charge in [0.15, 0.2) is 0 Å². The van der Waals surface area contributed by atoms with Crippen LogP contribution in [0.1, 0.15) is 37.2 Å². The summed E-state index contributed by atoms with van der Waals surface area (Å²) < 4.78 is 10.3. The summed E-state index contributed by atoms with van der Waals surface area (Å²) in [7, 11) is 3.25. The molecule has 0 radical (unpaired) electrons. The highest BCUT2D eigenvalue weighted by molar-refractivity contribution is 5.85. The number of halogens is 1. The Balaban J connectivity index is 0.00000225. The summed E-state index contributed by atoms with van der Waals surface area (Å²) in [6, 6.07) is 9.02. The number of nitrogens with zero attached hydrogens (tertiary/aromatic N) is 1. The fourth-order valence-corrected chi connectivity index (χ4v) is 4.14. The molecular formula is C19H29ClN2O3. The summed E-state index contributed by atoms with van der Waals surface area (Å²) in [6.45, 7) is 2.03. The zero-order valence-corrected chi connectivity index (χ0v) is 15.9. The minimum absolute atomic E-state index is 0. The van der Waals surface area contributed by atoms with E-state index < -0.39 is 0 Å². The molecule has 0 aromatic heterocycles. The first-order chi connectivity index (χ1) is 11.7. The van der Waals surface area contributed by atoms with E-state index in [0.29, 0.717) is 12.0 Å². The van der Waals surface area contributed by atoms with Crippen molar-refractivity contribution < 1.29 is 14.3 Å². The van der Waals surface area contributed by atoms with Crippen LogP contribution in [0.15, 0.2) is 24.3 Å². The minimum atomic E-state index is -0.0383. The average molecular weight is 369 g/mol. The number of likely N-dealkylation sites (tertiary alicyclic amines) is 1. The molecule has 0 bridgehead atoms. The highest BCUT2D eigenvalue weighted by Crippen LogP contribution is 2.34. The van der Waals surface area contributed by atoms with Crippen LogP contribution in [0.2, 0.25) is 0 Å². The molecule has 3 rings (SSSR count).